The van der Waals surface area contributed by atoms with Crippen molar-refractivity contribution in [2.75, 3.05) is 18.5 Å². The number of halogens is 1. The topological polar surface area (TPSA) is 90.7 Å². The summed E-state index contributed by atoms with van der Waals surface area (Å²) in [5.74, 6) is 0.681. The van der Waals surface area contributed by atoms with Crippen LogP contribution in [0.25, 0.3) is 0 Å². The third kappa shape index (κ3) is 6.79. The summed E-state index contributed by atoms with van der Waals surface area (Å²) in [7, 11) is 0. The van der Waals surface area contributed by atoms with Gasteiger partial charge in [-0.1, -0.05) is 37.4 Å². The zero-order valence-electron chi connectivity index (χ0n) is 14.9. The summed E-state index contributed by atoms with van der Waals surface area (Å²) in [6.45, 7) is 2.49. The molecule has 2 rings (SSSR count). The number of unbranched alkanes of at least 4 members (excludes halogenated alkanes) is 2. The van der Waals surface area contributed by atoms with Crippen LogP contribution in [-0.2, 0) is 4.79 Å². The van der Waals surface area contributed by atoms with Crippen LogP contribution in [-0.4, -0.2) is 24.0 Å². The van der Waals surface area contributed by atoms with Gasteiger partial charge in [0.05, 0.1) is 22.2 Å². The Balaban J connectivity index is 1.88. The molecule has 144 valence electrons. The Bertz CT molecular complexity index is 797. The fourth-order valence-electron chi connectivity index (χ4n) is 2.25. The third-order valence-corrected chi connectivity index (χ3v) is 3.96. The van der Waals surface area contributed by atoms with Crippen LogP contribution >= 0.6 is 11.6 Å². The second-order valence-corrected chi connectivity index (χ2v) is 6.20. The van der Waals surface area contributed by atoms with Crippen molar-refractivity contribution in [3.8, 4) is 11.5 Å². The summed E-state index contributed by atoms with van der Waals surface area (Å²) in [6, 6.07) is 10.8. The zero-order valence-corrected chi connectivity index (χ0v) is 15.7. The summed E-state index contributed by atoms with van der Waals surface area (Å²) in [5.41, 5.74) is -0.00369. The average Bonchev–Trinajstić information content (AvgIpc) is 2.65. The Morgan fingerprint density at radius 2 is 1.89 bits per heavy atom. The molecular formula is C19H21ClN2O5. The number of nitrogens with one attached hydrogen (secondary N) is 1. The van der Waals surface area contributed by atoms with Crippen LogP contribution in [0.3, 0.4) is 0 Å². The van der Waals surface area contributed by atoms with Gasteiger partial charge in [-0.2, -0.15) is 0 Å². The number of carbonyl (C=O) groups is 1. The van der Waals surface area contributed by atoms with E-state index in [0.717, 1.165) is 19.3 Å². The van der Waals surface area contributed by atoms with E-state index < -0.39 is 10.8 Å². The minimum atomic E-state index is -0.561. The first kappa shape index (κ1) is 20.5. The molecule has 0 spiro atoms. The van der Waals surface area contributed by atoms with E-state index in [9.17, 15) is 14.9 Å². The number of non-ortho nitro benzene ring substituents is 1. The van der Waals surface area contributed by atoms with E-state index in [1.54, 1.807) is 18.2 Å². The number of hydrogen-bond acceptors (Lipinski definition) is 5. The Hall–Kier alpha value is -2.80. The van der Waals surface area contributed by atoms with Crippen LogP contribution in [0, 0.1) is 10.1 Å². The molecule has 0 aromatic heterocycles. The molecule has 1 amide bonds. The minimum Gasteiger partial charge on any atom is -0.493 e. The number of nitro groups is 1. The van der Waals surface area contributed by atoms with Crippen LogP contribution in [0.4, 0.5) is 11.4 Å². The predicted octanol–water partition coefficient (Wildman–Crippen LogP) is 4.83. The molecule has 0 fully saturated rings. The minimum absolute atomic E-state index is 0.160. The molecular weight excluding hydrogens is 372 g/mol. The fourth-order valence-corrected chi connectivity index (χ4v) is 2.42. The quantitative estimate of drug-likeness (QED) is 0.355. The van der Waals surface area contributed by atoms with E-state index in [-0.39, 0.29) is 23.0 Å². The van der Waals surface area contributed by atoms with Gasteiger partial charge in [0.15, 0.2) is 6.61 Å². The number of rotatable bonds is 10. The molecule has 0 atom stereocenters. The van der Waals surface area contributed by atoms with Crippen molar-refractivity contribution in [3.05, 3.63) is 57.6 Å². The molecule has 2 aromatic rings. The Morgan fingerprint density at radius 1 is 1.15 bits per heavy atom. The highest BCUT2D eigenvalue weighted by atomic mass is 35.5. The SMILES string of the molecule is CCCCCOc1cccc(OCC(=O)Nc2cc([N+](=O)[O-])ccc2Cl)c1. The van der Waals surface area contributed by atoms with Gasteiger partial charge in [-0.25, -0.2) is 0 Å². The normalized spacial score (nSPS) is 10.3. The van der Waals surface area contributed by atoms with Gasteiger partial charge in [-0.3, -0.25) is 14.9 Å². The molecule has 7 nitrogen and oxygen atoms in total. The molecule has 0 heterocycles. The molecule has 0 bridgehead atoms. The second kappa shape index (κ2) is 10.4. The number of benzene rings is 2. The molecule has 0 saturated carbocycles. The number of ether oxygens (including phenoxy) is 2. The molecule has 0 radical (unpaired) electrons. The first-order chi connectivity index (χ1) is 13.0. The first-order valence-electron chi connectivity index (χ1n) is 8.59. The van der Waals surface area contributed by atoms with Crippen LogP contribution < -0.4 is 14.8 Å². The van der Waals surface area contributed by atoms with Crippen LogP contribution in [0.15, 0.2) is 42.5 Å². The highest BCUT2D eigenvalue weighted by Crippen LogP contribution is 2.26. The highest BCUT2D eigenvalue weighted by molar-refractivity contribution is 6.33. The summed E-state index contributed by atoms with van der Waals surface area (Å²) >= 11 is 5.96. The summed E-state index contributed by atoms with van der Waals surface area (Å²) in [5, 5.41) is 13.5. The second-order valence-electron chi connectivity index (χ2n) is 5.79. The van der Waals surface area contributed by atoms with E-state index >= 15 is 0 Å². The van der Waals surface area contributed by atoms with Crippen molar-refractivity contribution in [2.45, 2.75) is 26.2 Å². The fraction of sp³-hybridized carbons (Fsp3) is 0.316. The largest absolute Gasteiger partial charge is 0.493 e. The standard InChI is InChI=1S/C19H21ClN2O5/c1-2-3-4-10-26-15-6-5-7-16(12-15)27-13-19(23)21-18-11-14(22(24)25)8-9-17(18)20/h5-9,11-12H,2-4,10,13H2,1H3,(H,21,23). The Morgan fingerprint density at radius 3 is 2.59 bits per heavy atom. The number of hydrogen-bond donors (Lipinski definition) is 1. The molecule has 8 heteroatoms. The monoisotopic (exact) mass is 392 g/mol. The first-order valence-corrected chi connectivity index (χ1v) is 8.97. The lowest BCUT2D eigenvalue weighted by molar-refractivity contribution is -0.384. The van der Waals surface area contributed by atoms with Gasteiger partial charge in [-0.15, -0.1) is 0 Å². The Kier molecular flexibility index (Phi) is 7.88. The molecule has 0 saturated heterocycles. The van der Waals surface area contributed by atoms with Crippen molar-refractivity contribution in [3.63, 3.8) is 0 Å². The van der Waals surface area contributed by atoms with Gasteiger partial charge in [0.1, 0.15) is 11.5 Å². The van der Waals surface area contributed by atoms with Gasteiger partial charge in [0.2, 0.25) is 0 Å². The number of nitro benzene ring substituents is 1. The van der Waals surface area contributed by atoms with Crippen molar-refractivity contribution < 1.29 is 19.2 Å². The van der Waals surface area contributed by atoms with Crippen molar-refractivity contribution in [2.24, 2.45) is 0 Å². The Labute approximate surface area is 162 Å². The van der Waals surface area contributed by atoms with Crippen molar-refractivity contribution in [1.29, 1.82) is 0 Å². The van der Waals surface area contributed by atoms with Gasteiger partial charge < -0.3 is 14.8 Å². The number of carbonyl (C=O) groups excluding carboxylic acids is 1. The van der Waals surface area contributed by atoms with E-state index in [2.05, 4.69) is 12.2 Å². The van der Waals surface area contributed by atoms with Crippen LogP contribution in [0.2, 0.25) is 5.02 Å². The van der Waals surface area contributed by atoms with Crippen molar-refractivity contribution >= 4 is 28.9 Å². The third-order valence-electron chi connectivity index (χ3n) is 3.63. The maximum absolute atomic E-state index is 12.1. The smallest absolute Gasteiger partial charge is 0.271 e. The average molecular weight is 393 g/mol. The van der Waals surface area contributed by atoms with E-state index in [1.165, 1.54) is 18.2 Å². The highest BCUT2D eigenvalue weighted by Gasteiger charge is 2.12. The van der Waals surface area contributed by atoms with E-state index in [0.29, 0.717) is 18.1 Å². The van der Waals surface area contributed by atoms with Crippen LogP contribution in [0.5, 0.6) is 11.5 Å². The lowest BCUT2D eigenvalue weighted by atomic mass is 10.2. The molecule has 0 unspecified atom stereocenters. The molecule has 1 N–H and O–H groups in total. The van der Waals surface area contributed by atoms with Gasteiger partial charge in [0.25, 0.3) is 11.6 Å². The lowest BCUT2D eigenvalue weighted by Crippen LogP contribution is -2.20. The van der Waals surface area contributed by atoms with E-state index in [1.807, 2.05) is 6.07 Å². The summed E-state index contributed by atoms with van der Waals surface area (Å²) < 4.78 is 11.1. The van der Waals surface area contributed by atoms with Gasteiger partial charge in [-0.05, 0) is 24.6 Å². The summed E-state index contributed by atoms with van der Waals surface area (Å²) in [6.07, 6.45) is 3.21. The molecule has 0 aliphatic heterocycles. The van der Waals surface area contributed by atoms with E-state index in [4.69, 9.17) is 21.1 Å². The number of nitrogens with zero attached hydrogens (tertiary/aromatic N) is 1. The lowest BCUT2D eigenvalue weighted by Gasteiger charge is -2.10. The van der Waals surface area contributed by atoms with Gasteiger partial charge in [0, 0.05) is 18.2 Å². The van der Waals surface area contributed by atoms with Crippen LogP contribution in [0.1, 0.15) is 26.2 Å². The maximum Gasteiger partial charge on any atom is 0.271 e. The maximum atomic E-state index is 12.1. The molecule has 27 heavy (non-hydrogen) atoms. The summed E-state index contributed by atoms with van der Waals surface area (Å²) in [4.78, 5) is 22.3. The predicted molar refractivity (Wildman–Crippen MR) is 104 cm³/mol. The number of anilines is 1. The zero-order chi connectivity index (χ0) is 19.6. The number of amides is 1. The molecule has 0 aliphatic rings. The van der Waals surface area contributed by atoms with Gasteiger partial charge >= 0.3 is 0 Å². The molecule has 2 aromatic carbocycles. The van der Waals surface area contributed by atoms with Crippen molar-refractivity contribution in [1.82, 2.24) is 0 Å². The molecule has 0 aliphatic carbocycles.